The number of fused-ring (bicyclic) bond motifs is 3. The maximum Gasteiger partial charge on any atom is 0.161 e. The number of nitrogens with zero attached hydrogens (tertiary/aromatic N) is 1. The van der Waals surface area contributed by atoms with Gasteiger partial charge in [-0.05, 0) is 84.8 Å². The summed E-state index contributed by atoms with van der Waals surface area (Å²) in [6.07, 6.45) is 7.70. The number of nitrogens with one attached hydrogen (secondary N) is 1. The lowest BCUT2D eigenvalue weighted by atomic mass is 9.76. The van der Waals surface area contributed by atoms with E-state index in [0.717, 1.165) is 29.0 Å². The van der Waals surface area contributed by atoms with Crippen LogP contribution in [0.3, 0.4) is 0 Å². The molecule has 0 saturated carbocycles. The molecule has 2 aliphatic rings. The summed E-state index contributed by atoms with van der Waals surface area (Å²) in [6, 6.07) is 29.9. The third-order valence-corrected chi connectivity index (χ3v) is 7.84. The molecule has 4 aromatic rings. The molecule has 0 bridgehead atoms. The van der Waals surface area contributed by atoms with Gasteiger partial charge in [0.05, 0.1) is 18.8 Å². The first-order valence-electron chi connectivity index (χ1n) is 13.6. The van der Waals surface area contributed by atoms with E-state index in [0.29, 0.717) is 24.2 Å². The normalized spacial score (nSPS) is 19.4. The van der Waals surface area contributed by atoms with Crippen LogP contribution in [0, 0.1) is 19.8 Å². The Labute approximate surface area is 231 Å². The zero-order chi connectivity index (χ0) is 26.8. The Morgan fingerprint density at radius 2 is 1.67 bits per heavy atom. The van der Waals surface area contributed by atoms with Gasteiger partial charge in [0.25, 0.3) is 0 Å². The van der Waals surface area contributed by atoms with Gasteiger partial charge in [0.15, 0.2) is 11.5 Å². The van der Waals surface area contributed by atoms with Crippen LogP contribution in [0.25, 0.3) is 0 Å². The molecule has 1 aliphatic heterocycles. The van der Waals surface area contributed by atoms with Crippen molar-refractivity contribution in [3.63, 3.8) is 0 Å². The lowest BCUT2D eigenvalue weighted by Gasteiger charge is -2.37. The molecule has 196 valence electrons. The van der Waals surface area contributed by atoms with Gasteiger partial charge in [0.2, 0.25) is 0 Å². The zero-order valence-electron chi connectivity index (χ0n) is 22.7. The van der Waals surface area contributed by atoms with Gasteiger partial charge in [-0.2, -0.15) is 0 Å². The summed E-state index contributed by atoms with van der Waals surface area (Å²) in [5, 5.41) is 3.83. The number of anilines is 1. The number of methoxy groups -OCH3 is 1. The Bertz CT molecular complexity index is 1520. The van der Waals surface area contributed by atoms with Crippen LogP contribution in [0.4, 0.5) is 11.4 Å². The van der Waals surface area contributed by atoms with E-state index in [2.05, 4.69) is 98.0 Å². The molecule has 1 N–H and O–H groups in total. The Kier molecular flexibility index (Phi) is 6.93. The highest BCUT2D eigenvalue weighted by atomic mass is 16.5. The number of allylic oxidation sites excluding steroid dienone is 2. The van der Waals surface area contributed by atoms with E-state index in [9.17, 15) is 0 Å². The molecule has 0 unspecified atom stereocenters. The molecule has 0 radical (unpaired) electrons. The molecular weight excluding hydrogens is 480 g/mol. The average Bonchev–Trinajstić information content (AvgIpc) is 3.46. The molecule has 4 nitrogen and oxygen atoms in total. The lowest BCUT2D eigenvalue weighted by molar-refractivity contribution is 0.284. The lowest BCUT2D eigenvalue weighted by Crippen LogP contribution is -2.29. The van der Waals surface area contributed by atoms with Crippen LogP contribution in [-0.4, -0.2) is 13.3 Å². The molecule has 3 atom stereocenters. The maximum atomic E-state index is 6.02. The third kappa shape index (κ3) is 5.33. The van der Waals surface area contributed by atoms with Crippen LogP contribution in [0.15, 0.2) is 102 Å². The van der Waals surface area contributed by atoms with Crippen LogP contribution in [0.1, 0.15) is 51.8 Å². The standard InChI is InChI=1S/C35H34N2O2/c1-23-7-10-25(11-8-23)22-39-33-18-12-26(20-34(33)38-3)21-36-28-15-13-27(14-16-28)35-30-6-4-5-29(30)31-19-24(2)9-17-32(31)37-35/h4-5,7-21,29-30,35,37H,6,22H2,1-3H3/t29-,30-,35-/m0/s1. The molecular formula is C35H34N2O2. The number of aliphatic imine (C=N–C) groups is 1. The number of aryl methyl sites for hydroxylation is 2. The largest absolute Gasteiger partial charge is 0.493 e. The fourth-order valence-corrected chi connectivity index (χ4v) is 5.69. The molecule has 0 saturated heterocycles. The van der Waals surface area contributed by atoms with Crippen LogP contribution in [0.5, 0.6) is 11.5 Å². The fraction of sp³-hybridized carbons (Fsp3) is 0.229. The highest BCUT2D eigenvalue weighted by Crippen LogP contribution is 2.50. The topological polar surface area (TPSA) is 42.8 Å². The van der Waals surface area contributed by atoms with Crippen molar-refractivity contribution >= 4 is 17.6 Å². The van der Waals surface area contributed by atoms with Crippen molar-refractivity contribution in [2.24, 2.45) is 10.9 Å². The number of benzene rings is 4. The summed E-state index contributed by atoms with van der Waals surface area (Å²) in [4.78, 5) is 4.73. The summed E-state index contributed by atoms with van der Waals surface area (Å²) in [6.45, 7) is 4.75. The van der Waals surface area contributed by atoms with E-state index in [1.54, 1.807) is 7.11 Å². The van der Waals surface area contributed by atoms with Crippen molar-refractivity contribution in [3.8, 4) is 11.5 Å². The zero-order valence-corrected chi connectivity index (χ0v) is 22.7. The van der Waals surface area contributed by atoms with Gasteiger partial charge in [0.1, 0.15) is 6.61 Å². The van der Waals surface area contributed by atoms with Crippen LogP contribution in [-0.2, 0) is 6.61 Å². The molecule has 0 fully saturated rings. The molecule has 4 aromatic carbocycles. The first-order valence-corrected chi connectivity index (χ1v) is 13.6. The molecule has 4 heteroatoms. The molecule has 0 spiro atoms. The highest BCUT2D eigenvalue weighted by Gasteiger charge is 2.37. The summed E-state index contributed by atoms with van der Waals surface area (Å²) in [5.74, 6) is 2.42. The number of hydrogen-bond acceptors (Lipinski definition) is 4. The van der Waals surface area contributed by atoms with Gasteiger partial charge in [-0.1, -0.05) is 71.8 Å². The van der Waals surface area contributed by atoms with Crippen molar-refractivity contribution in [2.75, 3.05) is 12.4 Å². The van der Waals surface area contributed by atoms with Gasteiger partial charge < -0.3 is 14.8 Å². The quantitative estimate of drug-likeness (QED) is 0.199. The predicted octanol–water partition coefficient (Wildman–Crippen LogP) is 8.47. The van der Waals surface area contributed by atoms with E-state index >= 15 is 0 Å². The second-order valence-corrected chi connectivity index (χ2v) is 10.6. The first-order chi connectivity index (χ1) is 19.1. The Morgan fingerprint density at radius 1 is 0.872 bits per heavy atom. The Morgan fingerprint density at radius 3 is 2.46 bits per heavy atom. The minimum atomic E-state index is 0.287. The van der Waals surface area contributed by atoms with E-state index < -0.39 is 0 Å². The highest BCUT2D eigenvalue weighted by molar-refractivity contribution is 5.83. The molecule has 0 amide bonds. The molecule has 1 heterocycles. The van der Waals surface area contributed by atoms with Gasteiger partial charge in [-0.3, -0.25) is 4.99 Å². The SMILES string of the molecule is COc1cc(C=Nc2ccc([C@@H]3Nc4ccc(C)cc4[C@H]4C=CC[C@@H]43)cc2)ccc1OCc1ccc(C)cc1. The number of ether oxygens (including phenoxy) is 2. The second kappa shape index (κ2) is 10.8. The molecule has 1 aliphatic carbocycles. The van der Waals surface area contributed by atoms with Gasteiger partial charge >= 0.3 is 0 Å². The maximum absolute atomic E-state index is 6.02. The minimum absolute atomic E-state index is 0.287. The summed E-state index contributed by atoms with van der Waals surface area (Å²) >= 11 is 0. The monoisotopic (exact) mass is 514 g/mol. The van der Waals surface area contributed by atoms with Crippen molar-refractivity contribution in [2.45, 2.75) is 38.8 Å². The Balaban J connectivity index is 1.14. The van der Waals surface area contributed by atoms with E-state index in [4.69, 9.17) is 14.5 Å². The van der Waals surface area contributed by atoms with E-state index in [1.165, 1.54) is 27.9 Å². The fourth-order valence-electron chi connectivity index (χ4n) is 5.69. The average molecular weight is 515 g/mol. The van der Waals surface area contributed by atoms with Crippen LogP contribution in [0.2, 0.25) is 0 Å². The van der Waals surface area contributed by atoms with E-state index in [-0.39, 0.29) is 6.04 Å². The number of rotatable bonds is 7. The Hall–Kier alpha value is -4.31. The minimum Gasteiger partial charge on any atom is -0.493 e. The third-order valence-electron chi connectivity index (χ3n) is 7.84. The van der Waals surface area contributed by atoms with Crippen molar-refractivity contribution < 1.29 is 9.47 Å². The summed E-state index contributed by atoms with van der Waals surface area (Å²) in [5.41, 5.74) is 9.53. The second-order valence-electron chi connectivity index (χ2n) is 10.6. The van der Waals surface area contributed by atoms with Gasteiger partial charge in [0, 0.05) is 17.8 Å². The first kappa shape index (κ1) is 25.0. The van der Waals surface area contributed by atoms with Crippen molar-refractivity contribution in [1.29, 1.82) is 0 Å². The van der Waals surface area contributed by atoms with Gasteiger partial charge in [-0.25, -0.2) is 0 Å². The summed E-state index contributed by atoms with van der Waals surface area (Å²) in [7, 11) is 1.66. The molecule has 39 heavy (non-hydrogen) atoms. The molecule has 0 aromatic heterocycles. The predicted molar refractivity (Wildman–Crippen MR) is 160 cm³/mol. The number of hydrogen-bond donors (Lipinski definition) is 1. The van der Waals surface area contributed by atoms with Gasteiger partial charge in [-0.15, -0.1) is 0 Å². The van der Waals surface area contributed by atoms with Crippen molar-refractivity contribution in [1.82, 2.24) is 0 Å². The summed E-state index contributed by atoms with van der Waals surface area (Å²) < 4.78 is 11.6. The van der Waals surface area contributed by atoms with Crippen LogP contribution >= 0.6 is 0 Å². The smallest absolute Gasteiger partial charge is 0.161 e. The van der Waals surface area contributed by atoms with E-state index in [1.807, 2.05) is 24.4 Å². The van der Waals surface area contributed by atoms with Crippen molar-refractivity contribution in [3.05, 3.63) is 130 Å². The van der Waals surface area contributed by atoms with Crippen LogP contribution < -0.4 is 14.8 Å². The molecule has 6 rings (SSSR count).